The van der Waals surface area contributed by atoms with Crippen molar-refractivity contribution in [2.45, 2.75) is 6.04 Å². The number of anilines is 1. The summed E-state index contributed by atoms with van der Waals surface area (Å²) in [4.78, 5) is 32.0. The normalized spacial score (nSPS) is 15.9. The number of benzene rings is 2. The van der Waals surface area contributed by atoms with Crippen molar-refractivity contribution in [1.29, 1.82) is 0 Å². The second kappa shape index (κ2) is 8.31. The zero-order chi connectivity index (χ0) is 24.0. The number of carbonyl (C=O) groups excluding carboxylic acids is 2. The van der Waals surface area contributed by atoms with Crippen molar-refractivity contribution in [1.82, 2.24) is 4.98 Å². The molecule has 0 saturated carbocycles. The molecule has 0 fully saturated rings. The molecule has 2 aromatic carbocycles. The molecule has 9 heteroatoms. The molecular weight excluding hydrogens is 463 g/mol. The highest BCUT2D eigenvalue weighted by Gasteiger charge is 2.45. The number of carbonyl (C=O) groups is 2. The summed E-state index contributed by atoms with van der Waals surface area (Å²) < 4.78 is 25.0. The van der Waals surface area contributed by atoms with Crippen molar-refractivity contribution in [3.05, 3.63) is 100 Å². The summed E-state index contributed by atoms with van der Waals surface area (Å²) in [6, 6.07) is 12.2. The summed E-state index contributed by atoms with van der Waals surface area (Å²) in [6.07, 6.45) is 3.00. The van der Waals surface area contributed by atoms with E-state index in [1.807, 2.05) is 0 Å². The molecule has 1 N–H and O–H groups in total. The van der Waals surface area contributed by atoms with Gasteiger partial charge in [-0.2, -0.15) is 0 Å². The number of furan rings is 1. The number of methoxy groups -OCH3 is 1. The molecule has 0 bridgehead atoms. The Labute approximate surface area is 197 Å². The SMILES string of the molecule is COc1cc(Cl)cc2cc(C(=O)C3=C(O)C(=O)N(c4cccc(F)c4)C3c3cccnc3)oc12. The largest absolute Gasteiger partial charge is 0.503 e. The lowest BCUT2D eigenvalue weighted by Gasteiger charge is -2.26. The lowest BCUT2D eigenvalue weighted by Crippen LogP contribution is -2.31. The van der Waals surface area contributed by atoms with Crippen LogP contribution in [-0.4, -0.2) is 28.9 Å². The van der Waals surface area contributed by atoms with Crippen molar-refractivity contribution in [2.24, 2.45) is 0 Å². The topological polar surface area (TPSA) is 92.9 Å². The number of hydrogen-bond donors (Lipinski definition) is 1. The Morgan fingerprint density at radius 3 is 2.74 bits per heavy atom. The summed E-state index contributed by atoms with van der Waals surface area (Å²) in [5.41, 5.74) is 0.696. The lowest BCUT2D eigenvalue weighted by molar-refractivity contribution is -0.117. The molecule has 1 unspecified atom stereocenters. The molecule has 0 radical (unpaired) electrons. The number of ketones is 1. The van der Waals surface area contributed by atoms with Gasteiger partial charge >= 0.3 is 0 Å². The Morgan fingerprint density at radius 2 is 2.03 bits per heavy atom. The molecule has 5 rings (SSSR count). The molecule has 1 aliphatic rings. The average Bonchev–Trinajstić information content (AvgIpc) is 3.37. The van der Waals surface area contributed by atoms with Crippen LogP contribution in [0.5, 0.6) is 5.75 Å². The first kappa shape index (κ1) is 21.7. The van der Waals surface area contributed by atoms with Gasteiger partial charge in [0.15, 0.2) is 22.9 Å². The van der Waals surface area contributed by atoms with Crippen LogP contribution in [0, 0.1) is 5.82 Å². The standard InChI is InChI=1S/C25H16ClFN2O5/c1-33-19-10-15(26)8-14-9-18(34-24(14)19)22(30)20-21(13-4-3-7-28-12-13)29(25(32)23(20)31)17-6-2-5-16(27)11-17/h2-12,21,31H,1H3. The van der Waals surface area contributed by atoms with Crippen LogP contribution in [-0.2, 0) is 4.79 Å². The molecule has 0 spiro atoms. The summed E-state index contributed by atoms with van der Waals surface area (Å²) in [6.45, 7) is 0. The number of halogens is 2. The second-order valence-electron chi connectivity index (χ2n) is 7.57. The number of rotatable bonds is 5. The van der Waals surface area contributed by atoms with Crippen molar-refractivity contribution in [3.63, 3.8) is 0 Å². The molecule has 34 heavy (non-hydrogen) atoms. The fourth-order valence-corrected chi connectivity index (χ4v) is 4.28. The highest BCUT2D eigenvalue weighted by atomic mass is 35.5. The molecule has 170 valence electrons. The zero-order valence-corrected chi connectivity index (χ0v) is 18.4. The predicted octanol–water partition coefficient (Wildman–Crippen LogP) is 5.41. The number of amides is 1. The molecule has 2 aromatic heterocycles. The van der Waals surface area contributed by atoms with Gasteiger partial charge in [-0.3, -0.25) is 19.5 Å². The maximum Gasteiger partial charge on any atom is 0.294 e. The quantitative estimate of drug-likeness (QED) is 0.385. The molecule has 4 aromatic rings. The van der Waals surface area contributed by atoms with Gasteiger partial charge in [-0.15, -0.1) is 0 Å². The highest BCUT2D eigenvalue weighted by Crippen LogP contribution is 2.42. The van der Waals surface area contributed by atoms with Crippen LogP contribution in [0.1, 0.15) is 22.2 Å². The Kier molecular flexibility index (Phi) is 5.30. The Hall–Kier alpha value is -4.17. The molecule has 1 aliphatic heterocycles. The number of pyridine rings is 1. The van der Waals surface area contributed by atoms with Gasteiger partial charge in [0.2, 0.25) is 5.78 Å². The van der Waals surface area contributed by atoms with Gasteiger partial charge in [0.05, 0.1) is 18.7 Å². The average molecular weight is 479 g/mol. The van der Waals surface area contributed by atoms with Gasteiger partial charge in [-0.05, 0) is 42.0 Å². The minimum Gasteiger partial charge on any atom is -0.503 e. The second-order valence-corrected chi connectivity index (χ2v) is 8.01. The van der Waals surface area contributed by atoms with E-state index in [1.165, 1.54) is 43.8 Å². The van der Waals surface area contributed by atoms with Crippen molar-refractivity contribution in [2.75, 3.05) is 12.0 Å². The van der Waals surface area contributed by atoms with Gasteiger partial charge in [0.25, 0.3) is 5.91 Å². The first-order valence-corrected chi connectivity index (χ1v) is 10.5. The minimum absolute atomic E-state index is 0.125. The van der Waals surface area contributed by atoms with Crippen LogP contribution in [0.2, 0.25) is 5.02 Å². The van der Waals surface area contributed by atoms with E-state index >= 15 is 0 Å². The number of Topliss-reactive ketones (excluding diaryl/α,β-unsaturated/α-hetero) is 1. The summed E-state index contributed by atoms with van der Waals surface area (Å²) in [5, 5.41) is 11.7. The van der Waals surface area contributed by atoms with Crippen LogP contribution < -0.4 is 9.64 Å². The van der Waals surface area contributed by atoms with E-state index in [2.05, 4.69) is 4.98 Å². The first-order chi connectivity index (χ1) is 16.4. The van der Waals surface area contributed by atoms with Gasteiger partial charge < -0.3 is 14.3 Å². The number of aliphatic hydroxyl groups excluding tert-OH is 1. The van der Waals surface area contributed by atoms with E-state index in [1.54, 1.807) is 24.3 Å². The summed E-state index contributed by atoms with van der Waals surface area (Å²) in [7, 11) is 1.44. The van der Waals surface area contributed by atoms with E-state index in [4.69, 9.17) is 20.8 Å². The number of ether oxygens (including phenoxy) is 1. The fraction of sp³-hybridized carbons (Fsp3) is 0.0800. The van der Waals surface area contributed by atoms with E-state index in [9.17, 15) is 19.1 Å². The molecule has 1 atom stereocenters. The molecule has 0 aliphatic carbocycles. The number of aromatic nitrogens is 1. The summed E-state index contributed by atoms with van der Waals surface area (Å²) in [5.74, 6) is -2.69. The lowest BCUT2D eigenvalue weighted by atomic mass is 9.96. The molecule has 3 heterocycles. The third-order valence-electron chi connectivity index (χ3n) is 5.53. The molecule has 7 nitrogen and oxygen atoms in total. The van der Waals surface area contributed by atoms with E-state index < -0.39 is 29.3 Å². The maximum absolute atomic E-state index is 14.0. The predicted molar refractivity (Wildman–Crippen MR) is 123 cm³/mol. The van der Waals surface area contributed by atoms with Crippen LogP contribution in [0.15, 0.2) is 82.7 Å². The smallest absolute Gasteiger partial charge is 0.294 e. The van der Waals surface area contributed by atoms with Crippen LogP contribution in [0.4, 0.5) is 10.1 Å². The molecule has 0 saturated heterocycles. The highest BCUT2D eigenvalue weighted by molar-refractivity contribution is 6.31. The van der Waals surface area contributed by atoms with Gasteiger partial charge in [-0.1, -0.05) is 23.7 Å². The minimum atomic E-state index is -1.06. The van der Waals surface area contributed by atoms with Crippen molar-refractivity contribution in [3.8, 4) is 5.75 Å². The van der Waals surface area contributed by atoms with Crippen molar-refractivity contribution < 1.29 is 28.2 Å². The molecular formula is C25H16ClFN2O5. The van der Waals surface area contributed by atoms with E-state index in [0.29, 0.717) is 27.3 Å². The summed E-state index contributed by atoms with van der Waals surface area (Å²) >= 11 is 6.12. The number of nitrogens with zero attached hydrogens (tertiary/aromatic N) is 2. The Bertz CT molecular complexity index is 1480. The zero-order valence-electron chi connectivity index (χ0n) is 17.7. The van der Waals surface area contributed by atoms with Crippen LogP contribution in [0.3, 0.4) is 0 Å². The van der Waals surface area contributed by atoms with Crippen LogP contribution >= 0.6 is 11.6 Å². The van der Waals surface area contributed by atoms with Gasteiger partial charge in [0.1, 0.15) is 5.82 Å². The van der Waals surface area contributed by atoms with Crippen LogP contribution in [0.25, 0.3) is 11.0 Å². The maximum atomic E-state index is 14.0. The van der Waals surface area contributed by atoms with Gasteiger partial charge in [0, 0.05) is 34.6 Å². The third-order valence-corrected chi connectivity index (χ3v) is 5.75. The first-order valence-electron chi connectivity index (χ1n) is 10.1. The van der Waals surface area contributed by atoms with Crippen molar-refractivity contribution >= 4 is 39.9 Å². The Morgan fingerprint density at radius 1 is 1.21 bits per heavy atom. The number of fused-ring (bicyclic) bond motifs is 1. The Balaban J connectivity index is 1.66. The third kappa shape index (κ3) is 3.48. The van der Waals surface area contributed by atoms with Gasteiger partial charge in [-0.25, -0.2) is 4.39 Å². The van der Waals surface area contributed by atoms with E-state index in [-0.39, 0.29) is 17.0 Å². The molecule has 1 amide bonds. The number of aliphatic hydroxyl groups is 1. The van der Waals surface area contributed by atoms with E-state index in [0.717, 1.165) is 11.0 Å². The number of hydrogen-bond acceptors (Lipinski definition) is 6. The fourth-order valence-electron chi connectivity index (χ4n) is 4.06. The monoisotopic (exact) mass is 478 g/mol.